The standard InChI is InChI=1S/C18H22N2O6/c1-25-17(23)14-9-13(10-20-14)16(22)15(21)7-8-19-18(24)26-11-12-5-3-2-4-6-12/h2-6,9-10,15-16,20-22H,7-8,11H2,1H3,(H,19,24). The zero-order chi connectivity index (χ0) is 18.9. The van der Waals surface area contributed by atoms with Crippen LogP contribution in [-0.2, 0) is 16.1 Å². The highest BCUT2D eigenvalue weighted by Crippen LogP contribution is 2.20. The molecule has 1 aromatic heterocycles. The number of ether oxygens (including phenoxy) is 2. The van der Waals surface area contributed by atoms with Gasteiger partial charge in [0.2, 0.25) is 0 Å². The molecule has 8 heteroatoms. The number of aliphatic hydroxyl groups excluding tert-OH is 2. The Bertz CT molecular complexity index is 715. The molecule has 0 saturated heterocycles. The molecule has 0 spiro atoms. The zero-order valence-electron chi connectivity index (χ0n) is 14.3. The van der Waals surface area contributed by atoms with E-state index in [9.17, 15) is 19.8 Å². The maximum atomic E-state index is 11.6. The number of esters is 1. The van der Waals surface area contributed by atoms with E-state index in [-0.39, 0.29) is 25.3 Å². The van der Waals surface area contributed by atoms with E-state index in [1.54, 1.807) is 0 Å². The summed E-state index contributed by atoms with van der Waals surface area (Å²) in [6.07, 6.45) is -1.40. The molecular weight excluding hydrogens is 340 g/mol. The molecule has 140 valence electrons. The first kappa shape index (κ1) is 19.5. The lowest BCUT2D eigenvalue weighted by atomic mass is 10.0. The van der Waals surface area contributed by atoms with Gasteiger partial charge in [-0.1, -0.05) is 30.3 Å². The van der Waals surface area contributed by atoms with Crippen LogP contribution in [0.2, 0.25) is 0 Å². The molecule has 0 saturated carbocycles. The Hall–Kier alpha value is -2.84. The van der Waals surface area contributed by atoms with Crippen LogP contribution in [-0.4, -0.2) is 47.0 Å². The molecule has 0 bridgehead atoms. The van der Waals surface area contributed by atoms with E-state index < -0.39 is 24.3 Å². The van der Waals surface area contributed by atoms with Crippen LogP contribution in [0.15, 0.2) is 42.6 Å². The molecule has 2 unspecified atom stereocenters. The summed E-state index contributed by atoms with van der Waals surface area (Å²) < 4.78 is 9.61. The number of H-pyrrole nitrogens is 1. The number of hydrogen-bond acceptors (Lipinski definition) is 6. The van der Waals surface area contributed by atoms with Crippen molar-refractivity contribution in [3.05, 3.63) is 59.4 Å². The second-order valence-electron chi connectivity index (χ2n) is 5.63. The summed E-state index contributed by atoms with van der Waals surface area (Å²) in [6, 6.07) is 10.7. The van der Waals surface area contributed by atoms with E-state index >= 15 is 0 Å². The van der Waals surface area contributed by atoms with Gasteiger partial charge in [-0.3, -0.25) is 0 Å². The number of aliphatic hydroxyl groups is 2. The lowest BCUT2D eigenvalue weighted by Crippen LogP contribution is -2.29. The van der Waals surface area contributed by atoms with Gasteiger partial charge in [0.1, 0.15) is 18.4 Å². The first-order chi connectivity index (χ1) is 12.5. The average Bonchev–Trinajstić information content (AvgIpc) is 3.16. The minimum Gasteiger partial charge on any atom is -0.464 e. The lowest BCUT2D eigenvalue weighted by Gasteiger charge is -2.17. The molecule has 8 nitrogen and oxygen atoms in total. The van der Waals surface area contributed by atoms with Crippen molar-refractivity contribution in [3.63, 3.8) is 0 Å². The molecule has 1 heterocycles. The van der Waals surface area contributed by atoms with Crippen LogP contribution in [0, 0.1) is 0 Å². The number of methoxy groups -OCH3 is 1. The van der Waals surface area contributed by atoms with Crippen molar-refractivity contribution in [2.75, 3.05) is 13.7 Å². The van der Waals surface area contributed by atoms with Crippen LogP contribution < -0.4 is 5.32 Å². The van der Waals surface area contributed by atoms with Crippen molar-refractivity contribution in [1.29, 1.82) is 0 Å². The number of aromatic amines is 1. The van der Waals surface area contributed by atoms with Crippen molar-refractivity contribution < 1.29 is 29.3 Å². The number of benzene rings is 1. The van der Waals surface area contributed by atoms with Gasteiger partial charge in [-0.2, -0.15) is 0 Å². The summed E-state index contributed by atoms with van der Waals surface area (Å²) in [5.74, 6) is -0.569. The average molecular weight is 362 g/mol. The third-order valence-corrected chi connectivity index (χ3v) is 3.74. The van der Waals surface area contributed by atoms with Crippen LogP contribution in [0.1, 0.15) is 34.1 Å². The van der Waals surface area contributed by atoms with Gasteiger partial charge in [-0.05, 0) is 18.1 Å². The van der Waals surface area contributed by atoms with E-state index in [0.29, 0.717) is 5.56 Å². The van der Waals surface area contributed by atoms with Gasteiger partial charge in [-0.15, -0.1) is 0 Å². The highest BCUT2D eigenvalue weighted by Gasteiger charge is 2.21. The Morgan fingerprint density at radius 2 is 1.96 bits per heavy atom. The number of hydrogen-bond donors (Lipinski definition) is 4. The molecule has 1 aromatic carbocycles. The Kier molecular flexibility index (Phi) is 7.19. The van der Waals surface area contributed by atoms with Crippen LogP contribution in [0.3, 0.4) is 0 Å². The fraction of sp³-hybridized carbons (Fsp3) is 0.333. The summed E-state index contributed by atoms with van der Waals surface area (Å²) >= 11 is 0. The summed E-state index contributed by atoms with van der Waals surface area (Å²) in [6.45, 7) is 0.275. The molecule has 26 heavy (non-hydrogen) atoms. The van der Waals surface area contributed by atoms with Crippen LogP contribution in [0.5, 0.6) is 0 Å². The van der Waals surface area contributed by atoms with Crippen LogP contribution in [0.25, 0.3) is 0 Å². The van der Waals surface area contributed by atoms with Gasteiger partial charge in [0, 0.05) is 18.3 Å². The summed E-state index contributed by atoms with van der Waals surface area (Å²) in [4.78, 5) is 25.6. The van der Waals surface area contributed by atoms with Crippen molar-refractivity contribution >= 4 is 12.1 Å². The Morgan fingerprint density at radius 1 is 1.23 bits per heavy atom. The minimum atomic E-state index is -1.20. The van der Waals surface area contributed by atoms with Gasteiger partial charge in [0.25, 0.3) is 0 Å². The molecule has 0 fully saturated rings. The van der Waals surface area contributed by atoms with E-state index in [2.05, 4.69) is 15.0 Å². The predicted octanol–water partition coefficient (Wildman–Crippen LogP) is 1.51. The predicted molar refractivity (Wildman–Crippen MR) is 92.3 cm³/mol. The normalized spacial score (nSPS) is 12.9. The third-order valence-electron chi connectivity index (χ3n) is 3.74. The van der Waals surface area contributed by atoms with Crippen molar-refractivity contribution in [2.45, 2.75) is 25.2 Å². The number of amides is 1. The highest BCUT2D eigenvalue weighted by atomic mass is 16.5. The van der Waals surface area contributed by atoms with Gasteiger partial charge in [0.15, 0.2) is 0 Å². The number of carbonyl (C=O) groups excluding carboxylic acids is 2. The van der Waals surface area contributed by atoms with Gasteiger partial charge < -0.3 is 30.0 Å². The molecule has 1 amide bonds. The van der Waals surface area contributed by atoms with Crippen molar-refractivity contribution in [2.24, 2.45) is 0 Å². The smallest absolute Gasteiger partial charge is 0.407 e. The maximum absolute atomic E-state index is 11.6. The second kappa shape index (κ2) is 9.59. The SMILES string of the molecule is COC(=O)c1cc(C(O)C(O)CCNC(=O)OCc2ccccc2)c[nH]1. The Labute approximate surface area is 150 Å². The molecule has 2 rings (SSSR count). The van der Waals surface area contributed by atoms with E-state index in [1.807, 2.05) is 30.3 Å². The number of rotatable bonds is 8. The molecule has 0 aliphatic heterocycles. The maximum Gasteiger partial charge on any atom is 0.407 e. The minimum absolute atomic E-state index is 0.111. The molecule has 2 aromatic rings. The molecule has 0 aliphatic rings. The zero-order valence-corrected chi connectivity index (χ0v) is 14.3. The van der Waals surface area contributed by atoms with E-state index in [1.165, 1.54) is 19.4 Å². The molecule has 0 radical (unpaired) electrons. The number of carbonyl (C=O) groups is 2. The van der Waals surface area contributed by atoms with E-state index in [0.717, 1.165) is 5.56 Å². The lowest BCUT2D eigenvalue weighted by molar-refractivity contribution is 0.0137. The summed E-state index contributed by atoms with van der Waals surface area (Å²) in [7, 11) is 1.25. The van der Waals surface area contributed by atoms with Gasteiger partial charge in [-0.25, -0.2) is 9.59 Å². The Balaban J connectivity index is 1.72. The molecule has 0 aliphatic carbocycles. The first-order valence-electron chi connectivity index (χ1n) is 8.08. The quantitative estimate of drug-likeness (QED) is 0.528. The van der Waals surface area contributed by atoms with Crippen LogP contribution >= 0.6 is 0 Å². The van der Waals surface area contributed by atoms with Crippen molar-refractivity contribution in [3.8, 4) is 0 Å². The third kappa shape index (κ3) is 5.61. The van der Waals surface area contributed by atoms with Crippen LogP contribution in [0.4, 0.5) is 4.79 Å². The van der Waals surface area contributed by atoms with Crippen molar-refractivity contribution in [1.82, 2.24) is 10.3 Å². The summed E-state index contributed by atoms with van der Waals surface area (Å²) in [5, 5.41) is 22.6. The largest absolute Gasteiger partial charge is 0.464 e. The Morgan fingerprint density at radius 3 is 2.65 bits per heavy atom. The topological polar surface area (TPSA) is 121 Å². The fourth-order valence-electron chi connectivity index (χ4n) is 2.29. The monoisotopic (exact) mass is 362 g/mol. The number of aromatic nitrogens is 1. The van der Waals surface area contributed by atoms with Gasteiger partial charge >= 0.3 is 12.1 Å². The summed E-state index contributed by atoms with van der Waals surface area (Å²) in [5.41, 5.74) is 1.40. The highest BCUT2D eigenvalue weighted by molar-refractivity contribution is 5.87. The first-order valence-corrected chi connectivity index (χ1v) is 8.08. The fourth-order valence-corrected chi connectivity index (χ4v) is 2.29. The second-order valence-corrected chi connectivity index (χ2v) is 5.63. The molecular formula is C18H22N2O6. The van der Waals surface area contributed by atoms with E-state index in [4.69, 9.17) is 4.74 Å². The number of alkyl carbamates (subject to hydrolysis) is 1. The molecule has 2 atom stereocenters. The number of nitrogens with one attached hydrogen (secondary N) is 2. The molecule has 4 N–H and O–H groups in total. The van der Waals surface area contributed by atoms with Gasteiger partial charge in [0.05, 0.1) is 13.2 Å².